The second-order valence-corrected chi connectivity index (χ2v) is 5.76. The van der Waals surface area contributed by atoms with E-state index >= 15 is 0 Å². The number of amides is 1. The molecular formula is C10H13Cl2NO3. The molecule has 6 heteroatoms. The maximum atomic E-state index is 11.5. The Balaban J connectivity index is 1.71. The van der Waals surface area contributed by atoms with E-state index in [1.165, 1.54) is 0 Å². The van der Waals surface area contributed by atoms with Gasteiger partial charge in [0.25, 0.3) is 5.91 Å². The topological polar surface area (TPSA) is 46.6 Å². The van der Waals surface area contributed by atoms with Gasteiger partial charge in [0.1, 0.15) is 4.33 Å². The largest absolute Gasteiger partial charge is 0.455 e. The first-order valence-electron chi connectivity index (χ1n) is 5.33. The van der Waals surface area contributed by atoms with Crippen LogP contribution in [0.1, 0.15) is 19.3 Å². The molecule has 1 saturated heterocycles. The lowest BCUT2D eigenvalue weighted by atomic mass is 10.4. The van der Waals surface area contributed by atoms with Crippen molar-refractivity contribution >= 4 is 35.1 Å². The Kier molecular flexibility index (Phi) is 3.31. The summed E-state index contributed by atoms with van der Waals surface area (Å²) < 4.78 is 3.90. The van der Waals surface area contributed by atoms with Gasteiger partial charge in [-0.3, -0.25) is 9.59 Å². The zero-order chi connectivity index (χ0) is 11.8. The standard InChI is InChI=1S/C10H13Cl2NO3/c11-10(12)5-7(10)9(15)16-6-8(14)13-3-1-2-4-13/h7H,1-6H2. The zero-order valence-corrected chi connectivity index (χ0v) is 10.3. The lowest BCUT2D eigenvalue weighted by molar-refractivity contribution is -0.152. The predicted octanol–water partition coefficient (Wildman–Crippen LogP) is 1.35. The Labute approximate surface area is 104 Å². The monoisotopic (exact) mass is 265 g/mol. The average molecular weight is 266 g/mol. The van der Waals surface area contributed by atoms with Crippen LogP contribution in [-0.2, 0) is 14.3 Å². The second kappa shape index (κ2) is 4.41. The SMILES string of the molecule is O=C(OCC(=O)N1CCCC1)C1CC1(Cl)Cl. The van der Waals surface area contributed by atoms with Gasteiger partial charge in [0.15, 0.2) is 6.61 Å². The molecule has 1 aliphatic carbocycles. The highest BCUT2D eigenvalue weighted by molar-refractivity contribution is 6.52. The maximum Gasteiger partial charge on any atom is 0.312 e. The van der Waals surface area contributed by atoms with Gasteiger partial charge >= 0.3 is 5.97 Å². The van der Waals surface area contributed by atoms with Crippen LogP contribution in [0.2, 0.25) is 0 Å². The van der Waals surface area contributed by atoms with E-state index in [1.54, 1.807) is 4.90 Å². The van der Waals surface area contributed by atoms with E-state index in [-0.39, 0.29) is 12.5 Å². The first-order chi connectivity index (χ1) is 7.50. The van der Waals surface area contributed by atoms with Crippen LogP contribution in [0.3, 0.4) is 0 Å². The lowest BCUT2D eigenvalue weighted by Gasteiger charge is -2.14. The highest BCUT2D eigenvalue weighted by Crippen LogP contribution is 2.53. The summed E-state index contributed by atoms with van der Waals surface area (Å²) in [5.74, 6) is -1.08. The maximum absolute atomic E-state index is 11.5. The first-order valence-corrected chi connectivity index (χ1v) is 6.08. The van der Waals surface area contributed by atoms with Crippen molar-refractivity contribution < 1.29 is 14.3 Å². The molecule has 1 heterocycles. The van der Waals surface area contributed by atoms with Crippen molar-refractivity contribution in [1.29, 1.82) is 0 Å². The molecule has 0 spiro atoms. The third-order valence-corrected chi connectivity index (χ3v) is 3.74. The average Bonchev–Trinajstić information content (AvgIpc) is 2.72. The molecule has 0 aromatic heterocycles. The normalized spacial score (nSPS) is 26.6. The number of alkyl halides is 2. The Morgan fingerprint density at radius 1 is 1.31 bits per heavy atom. The van der Waals surface area contributed by atoms with Crippen LogP contribution in [0.25, 0.3) is 0 Å². The van der Waals surface area contributed by atoms with Crippen molar-refractivity contribution in [3.8, 4) is 0 Å². The first kappa shape index (κ1) is 12.0. The predicted molar refractivity (Wildman–Crippen MR) is 59.3 cm³/mol. The number of hydrogen-bond acceptors (Lipinski definition) is 3. The number of carbonyl (C=O) groups excluding carboxylic acids is 2. The molecule has 0 radical (unpaired) electrons. The van der Waals surface area contributed by atoms with Gasteiger partial charge in [-0.15, -0.1) is 23.2 Å². The summed E-state index contributed by atoms with van der Waals surface area (Å²) in [5, 5.41) is 0. The number of esters is 1. The molecule has 2 rings (SSSR count). The minimum atomic E-state index is -0.978. The van der Waals surface area contributed by atoms with Crippen LogP contribution in [0.4, 0.5) is 0 Å². The molecule has 0 aromatic carbocycles. The number of carbonyl (C=O) groups is 2. The molecule has 0 aromatic rings. The summed E-state index contributed by atoms with van der Waals surface area (Å²) in [5.41, 5.74) is 0. The van der Waals surface area contributed by atoms with Crippen molar-refractivity contribution in [1.82, 2.24) is 4.90 Å². The molecule has 1 atom stereocenters. The van der Waals surface area contributed by atoms with Gasteiger partial charge in [-0.25, -0.2) is 0 Å². The molecule has 2 fully saturated rings. The summed E-state index contributed by atoms with van der Waals surface area (Å²) in [6.45, 7) is 1.32. The van der Waals surface area contributed by atoms with Gasteiger partial charge in [0, 0.05) is 13.1 Å². The van der Waals surface area contributed by atoms with E-state index in [0.717, 1.165) is 25.9 Å². The Morgan fingerprint density at radius 2 is 1.88 bits per heavy atom. The van der Waals surface area contributed by atoms with Crippen LogP contribution in [0.5, 0.6) is 0 Å². The van der Waals surface area contributed by atoms with E-state index < -0.39 is 16.2 Å². The van der Waals surface area contributed by atoms with E-state index in [2.05, 4.69) is 0 Å². The molecule has 90 valence electrons. The van der Waals surface area contributed by atoms with Crippen molar-refractivity contribution in [2.75, 3.05) is 19.7 Å². The quantitative estimate of drug-likeness (QED) is 0.572. The van der Waals surface area contributed by atoms with E-state index in [1.807, 2.05) is 0 Å². The van der Waals surface area contributed by atoms with Gasteiger partial charge in [0.05, 0.1) is 5.92 Å². The molecule has 1 unspecified atom stereocenters. The molecular weight excluding hydrogens is 253 g/mol. The third-order valence-electron chi connectivity index (χ3n) is 2.91. The molecule has 16 heavy (non-hydrogen) atoms. The van der Waals surface area contributed by atoms with Crippen LogP contribution < -0.4 is 0 Å². The summed E-state index contributed by atoms with van der Waals surface area (Å²) in [7, 11) is 0. The number of hydrogen-bond donors (Lipinski definition) is 0. The van der Waals surface area contributed by atoms with Crippen molar-refractivity contribution in [3.63, 3.8) is 0 Å². The van der Waals surface area contributed by atoms with Crippen LogP contribution >= 0.6 is 23.2 Å². The summed E-state index contributed by atoms with van der Waals surface area (Å²) in [6.07, 6.45) is 2.45. The Bertz CT molecular complexity index is 296. The van der Waals surface area contributed by atoms with Crippen molar-refractivity contribution in [3.05, 3.63) is 0 Å². The third kappa shape index (κ3) is 2.61. The molecule has 1 aliphatic heterocycles. The van der Waals surface area contributed by atoms with Gasteiger partial charge in [-0.2, -0.15) is 0 Å². The zero-order valence-electron chi connectivity index (χ0n) is 8.75. The Morgan fingerprint density at radius 3 is 2.38 bits per heavy atom. The summed E-state index contributed by atoms with van der Waals surface area (Å²) in [6, 6.07) is 0. The Hall–Kier alpha value is -0.480. The smallest absolute Gasteiger partial charge is 0.312 e. The van der Waals surface area contributed by atoms with Gasteiger partial charge in [0.2, 0.25) is 0 Å². The number of rotatable bonds is 3. The van der Waals surface area contributed by atoms with Gasteiger partial charge < -0.3 is 9.64 Å². The number of halogens is 2. The molecule has 2 aliphatic rings. The molecule has 1 saturated carbocycles. The fourth-order valence-corrected chi connectivity index (χ4v) is 2.25. The van der Waals surface area contributed by atoms with E-state index in [4.69, 9.17) is 27.9 Å². The minimum absolute atomic E-state index is 0.138. The van der Waals surface area contributed by atoms with Gasteiger partial charge in [-0.05, 0) is 19.3 Å². The van der Waals surface area contributed by atoms with Crippen LogP contribution in [0.15, 0.2) is 0 Å². The fraction of sp³-hybridized carbons (Fsp3) is 0.800. The molecule has 4 nitrogen and oxygen atoms in total. The number of ether oxygens (including phenoxy) is 1. The minimum Gasteiger partial charge on any atom is -0.455 e. The van der Waals surface area contributed by atoms with Crippen LogP contribution in [-0.4, -0.2) is 40.8 Å². The van der Waals surface area contributed by atoms with E-state index in [9.17, 15) is 9.59 Å². The van der Waals surface area contributed by atoms with Crippen LogP contribution in [0, 0.1) is 5.92 Å². The summed E-state index contributed by atoms with van der Waals surface area (Å²) in [4.78, 5) is 24.6. The van der Waals surface area contributed by atoms with E-state index in [0.29, 0.717) is 6.42 Å². The lowest BCUT2D eigenvalue weighted by Crippen LogP contribution is -2.32. The van der Waals surface area contributed by atoms with Crippen molar-refractivity contribution in [2.45, 2.75) is 23.6 Å². The fourth-order valence-electron chi connectivity index (χ4n) is 1.76. The number of likely N-dealkylation sites (tertiary alicyclic amines) is 1. The number of nitrogens with zero attached hydrogens (tertiary/aromatic N) is 1. The molecule has 0 N–H and O–H groups in total. The van der Waals surface area contributed by atoms with Crippen molar-refractivity contribution in [2.24, 2.45) is 5.92 Å². The summed E-state index contributed by atoms with van der Waals surface area (Å²) >= 11 is 11.4. The highest BCUT2D eigenvalue weighted by Gasteiger charge is 2.57. The molecule has 1 amide bonds. The second-order valence-electron chi connectivity index (χ2n) is 4.21. The highest BCUT2D eigenvalue weighted by atomic mass is 35.5. The molecule has 0 bridgehead atoms. The van der Waals surface area contributed by atoms with Gasteiger partial charge in [-0.1, -0.05) is 0 Å².